The molecule has 0 spiro atoms. The Morgan fingerprint density at radius 3 is 2.61 bits per heavy atom. The number of piperidine rings is 1. The van der Waals surface area contributed by atoms with E-state index < -0.39 is 0 Å². The summed E-state index contributed by atoms with van der Waals surface area (Å²) in [5.74, 6) is 0.208. The van der Waals surface area contributed by atoms with E-state index in [1.807, 2.05) is 13.8 Å². The lowest BCUT2D eigenvalue weighted by Gasteiger charge is -2.46. The number of fused-ring (bicyclic) bond motifs is 3. The van der Waals surface area contributed by atoms with Crippen molar-refractivity contribution in [3.8, 4) is 0 Å². The van der Waals surface area contributed by atoms with Gasteiger partial charge in [-0.1, -0.05) is 45.0 Å². The molecule has 3 rings (SSSR count). The van der Waals surface area contributed by atoms with Gasteiger partial charge in [-0.2, -0.15) is 0 Å². The summed E-state index contributed by atoms with van der Waals surface area (Å²) >= 11 is 0. The van der Waals surface area contributed by atoms with E-state index in [1.165, 1.54) is 17.5 Å². The molecule has 0 radical (unpaired) electrons. The molecule has 1 aromatic rings. The number of amides is 1. The van der Waals surface area contributed by atoms with Gasteiger partial charge >= 0.3 is 0 Å². The first-order valence-electron chi connectivity index (χ1n) is 7.06. The number of carbonyl (C=O) groups is 1. The maximum atomic E-state index is 11.6. The van der Waals surface area contributed by atoms with Crippen molar-refractivity contribution in [2.75, 3.05) is 0 Å². The minimum atomic E-state index is 0.208. The van der Waals surface area contributed by atoms with Crippen LogP contribution in [0.3, 0.4) is 0 Å². The van der Waals surface area contributed by atoms with E-state index in [9.17, 15) is 4.79 Å². The Bertz CT molecular complexity index is 440. The van der Waals surface area contributed by atoms with Crippen LogP contribution < -0.4 is 5.32 Å². The second-order valence-electron chi connectivity index (χ2n) is 5.35. The molecule has 1 aliphatic carbocycles. The molecule has 2 atom stereocenters. The quantitative estimate of drug-likeness (QED) is 0.743. The molecule has 98 valence electrons. The predicted molar refractivity (Wildman–Crippen MR) is 74.3 cm³/mol. The largest absolute Gasteiger partial charge is 0.349 e. The number of benzene rings is 1. The van der Waals surface area contributed by atoms with Crippen LogP contribution in [-0.4, -0.2) is 5.91 Å². The van der Waals surface area contributed by atoms with E-state index in [4.69, 9.17) is 0 Å². The van der Waals surface area contributed by atoms with Gasteiger partial charge < -0.3 is 5.32 Å². The molecule has 1 amide bonds. The molecule has 2 nitrogen and oxygen atoms in total. The third-order valence-corrected chi connectivity index (χ3v) is 4.26. The monoisotopic (exact) mass is 245 g/mol. The van der Waals surface area contributed by atoms with Gasteiger partial charge in [-0.25, -0.2) is 0 Å². The van der Waals surface area contributed by atoms with Crippen LogP contribution in [0.1, 0.15) is 57.2 Å². The summed E-state index contributed by atoms with van der Waals surface area (Å²) in [5, 5.41) is 3.18. The summed E-state index contributed by atoms with van der Waals surface area (Å²) in [4.78, 5) is 11.6. The average Bonchev–Trinajstić information content (AvgIpc) is 2.42. The Balaban J connectivity index is 0.000000574. The fourth-order valence-electron chi connectivity index (χ4n) is 3.14. The number of aryl methyl sites for hydroxylation is 1. The number of carbonyl (C=O) groups excluding carboxylic acids is 1. The summed E-state index contributed by atoms with van der Waals surface area (Å²) in [6.07, 6.45) is 4.06. The molecule has 0 bridgehead atoms. The summed E-state index contributed by atoms with van der Waals surface area (Å²) < 4.78 is 0. The van der Waals surface area contributed by atoms with Gasteiger partial charge in [0.05, 0.1) is 6.04 Å². The second kappa shape index (κ2) is 5.13. The van der Waals surface area contributed by atoms with E-state index >= 15 is 0 Å². The molecule has 1 fully saturated rings. The summed E-state index contributed by atoms with van der Waals surface area (Å²) in [6.45, 7) is 6.31. The van der Waals surface area contributed by atoms with Gasteiger partial charge in [-0.3, -0.25) is 4.79 Å². The van der Waals surface area contributed by atoms with Crippen LogP contribution in [0.5, 0.6) is 0 Å². The lowest BCUT2D eigenvalue weighted by Crippen LogP contribution is -2.47. The van der Waals surface area contributed by atoms with Gasteiger partial charge in [0.2, 0.25) is 5.91 Å². The Morgan fingerprint density at radius 1 is 1.17 bits per heavy atom. The normalized spacial score (nSPS) is 29.3. The van der Waals surface area contributed by atoms with Crippen LogP contribution in [-0.2, 0) is 11.2 Å². The first kappa shape index (κ1) is 13.1. The minimum absolute atomic E-state index is 0.208. The van der Waals surface area contributed by atoms with Gasteiger partial charge in [-0.15, -0.1) is 0 Å². The predicted octanol–water partition coefficient (Wildman–Crippen LogP) is 3.62. The fourth-order valence-corrected chi connectivity index (χ4v) is 3.14. The zero-order valence-corrected chi connectivity index (χ0v) is 11.6. The second-order valence-corrected chi connectivity index (χ2v) is 5.35. The number of hydrogen-bond acceptors (Lipinski definition) is 1. The maximum Gasteiger partial charge on any atom is 0.220 e. The smallest absolute Gasteiger partial charge is 0.220 e. The SMILES string of the molecule is CC.C[C@@]12CCC(=O)NC1c1ccccc1CC2. The first-order valence-corrected chi connectivity index (χ1v) is 7.06. The van der Waals surface area contributed by atoms with E-state index in [2.05, 4.69) is 36.5 Å². The van der Waals surface area contributed by atoms with E-state index in [-0.39, 0.29) is 17.4 Å². The summed E-state index contributed by atoms with van der Waals surface area (Å²) in [5.41, 5.74) is 3.01. The molecule has 1 aromatic carbocycles. The Kier molecular flexibility index (Phi) is 3.74. The van der Waals surface area contributed by atoms with Crippen molar-refractivity contribution in [1.82, 2.24) is 5.32 Å². The Morgan fingerprint density at radius 2 is 1.83 bits per heavy atom. The van der Waals surface area contributed by atoms with Crippen molar-refractivity contribution in [2.24, 2.45) is 5.41 Å². The molecule has 0 aromatic heterocycles. The molecular weight excluding hydrogens is 222 g/mol. The topological polar surface area (TPSA) is 29.1 Å². The average molecular weight is 245 g/mol. The highest BCUT2D eigenvalue weighted by Gasteiger charge is 2.42. The first-order chi connectivity index (χ1) is 8.69. The summed E-state index contributed by atoms with van der Waals surface area (Å²) in [7, 11) is 0. The summed E-state index contributed by atoms with van der Waals surface area (Å²) in [6, 6.07) is 8.76. The van der Waals surface area contributed by atoms with Crippen molar-refractivity contribution in [2.45, 2.75) is 52.5 Å². The van der Waals surface area contributed by atoms with Crippen LogP contribution in [0, 0.1) is 5.41 Å². The molecule has 18 heavy (non-hydrogen) atoms. The van der Waals surface area contributed by atoms with Crippen LogP contribution in [0.15, 0.2) is 24.3 Å². The molecule has 2 aliphatic rings. The van der Waals surface area contributed by atoms with E-state index in [1.54, 1.807) is 0 Å². The van der Waals surface area contributed by atoms with Gasteiger partial charge in [0.15, 0.2) is 0 Å². The zero-order valence-electron chi connectivity index (χ0n) is 11.6. The van der Waals surface area contributed by atoms with Crippen molar-refractivity contribution >= 4 is 5.91 Å². The van der Waals surface area contributed by atoms with E-state index in [0.29, 0.717) is 6.42 Å². The number of hydrogen-bond donors (Lipinski definition) is 1. The van der Waals surface area contributed by atoms with Gasteiger partial charge in [0, 0.05) is 6.42 Å². The van der Waals surface area contributed by atoms with Crippen LogP contribution in [0.4, 0.5) is 0 Å². The Hall–Kier alpha value is -1.31. The Labute approximate surface area is 110 Å². The number of nitrogens with one attached hydrogen (secondary N) is 1. The van der Waals surface area contributed by atoms with Gasteiger partial charge in [0.1, 0.15) is 0 Å². The van der Waals surface area contributed by atoms with Crippen molar-refractivity contribution in [3.05, 3.63) is 35.4 Å². The van der Waals surface area contributed by atoms with Crippen LogP contribution in [0.2, 0.25) is 0 Å². The maximum absolute atomic E-state index is 11.6. The number of rotatable bonds is 0. The molecule has 1 aliphatic heterocycles. The minimum Gasteiger partial charge on any atom is -0.349 e. The van der Waals surface area contributed by atoms with Crippen molar-refractivity contribution in [3.63, 3.8) is 0 Å². The zero-order chi connectivity index (χ0) is 13.2. The molecule has 0 saturated carbocycles. The molecular formula is C16H23NO. The molecule has 1 heterocycles. The highest BCUT2D eigenvalue weighted by Crippen LogP contribution is 2.48. The highest BCUT2D eigenvalue weighted by atomic mass is 16.1. The van der Waals surface area contributed by atoms with Gasteiger partial charge in [-0.05, 0) is 35.8 Å². The fraction of sp³-hybridized carbons (Fsp3) is 0.562. The lowest BCUT2D eigenvalue weighted by molar-refractivity contribution is -0.126. The molecule has 1 saturated heterocycles. The molecule has 1 unspecified atom stereocenters. The van der Waals surface area contributed by atoms with Crippen molar-refractivity contribution < 1.29 is 4.79 Å². The molecule has 1 N–H and O–H groups in total. The van der Waals surface area contributed by atoms with Gasteiger partial charge in [0.25, 0.3) is 0 Å². The van der Waals surface area contributed by atoms with Crippen molar-refractivity contribution in [1.29, 1.82) is 0 Å². The standard InChI is InChI=1S/C14H17NO.C2H6/c1-14-8-6-10-4-2-3-5-11(10)13(14)15-12(16)7-9-14;1-2/h2-5,13H,6-9H2,1H3,(H,15,16);1-2H3/t13?,14-;/m1./s1. The van der Waals surface area contributed by atoms with Crippen LogP contribution in [0.25, 0.3) is 0 Å². The lowest BCUT2D eigenvalue weighted by atomic mass is 9.65. The third kappa shape index (κ3) is 2.16. The molecule has 2 heteroatoms. The third-order valence-electron chi connectivity index (χ3n) is 4.26. The highest BCUT2D eigenvalue weighted by molar-refractivity contribution is 5.77. The van der Waals surface area contributed by atoms with Crippen LogP contribution >= 0.6 is 0 Å². The van der Waals surface area contributed by atoms with E-state index in [0.717, 1.165) is 12.8 Å².